The first-order valence-electron chi connectivity index (χ1n) is 7.61. The zero-order chi connectivity index (χ0) is 15.7. The molecule has 1 aromatic rings. The van der Waals surface area contributed by atoms with Crippen molar-refractivity contribution in [3.05, 3.63) is 46.0 Å². The van der Waals surface area contributed by atoms with Crippen molar-refractivity contribution in [3.63, 3.8) is 0 Å². The van der Waals surface area contributed by atoms with Crippen LogP contribution in [0.5, 0.6) is 0 Å². The van der Waals surface area contributed by atoms with E-state index in [2.05, 4.69) is 21.2 Å². The summed E-state index contributed by atoms with van der Waals surface area (Å²) < 4.78 is 0.845. The molecule has 0 bridgehead atoms. The number of halogens is 1. The number of hydrogen-bond donors (Lipinski definition) is 2. The average molecular weight is 363 g/mol. The van der Waals surface area contributed by atoms with Crippen molar-refractivity contribution in [2.75, 3.05) is 0 Å². The summed E-state index contributed by atoms with van der Waals surface area (Å²) in [5, 5.41) is 2.75. The van der Waals surface area contributed by atoms with Crippen molar-refractivity contribution in [2.24, 2.45) is 17.6 Å². The van der Waals surface area contributed by atoms with Crippen LogP contribution in [0.1, 0.15) is 37.3 Å². The third-order valence-electron chi connectivity index (χ3n) is 4.15. The summed E-state index contributed by atoms with van der Waals surface area (Å²) >= 11 is 3.36. The highest BCUT2D eigenvalue weighted by atomic mass is 79.9. The minimum atomic E-state index is -0.805. The monoisotopic (exact) mass is 362 g/mol. The first kappa shape index (κ1) is 15.3. The number of nitrogens with two attached hydrogens (primary N) is 1. The normalized spacial score (nSPS) is 18.4. The van der Waals surface area contributed by atoms with Crippen LogP contribution in [0.2, 0.25) is 0 Å². The Kier molecular flexibility index (Phi) is 4.34. The van der Waals surface area contributed by atoms with E-state index in [1.807, 2.05) is 12.1 Å². The van der Waals surface area contributed by atoms with Gasteiger partial charge in [0, 0.05) is 10.5 Å². The van der Waals surface area contributed by atoms with E-state index in [1.165, 1.54) is 31.3 Å². The zero-order valence-electron chi connectivity index (χ0n) is 12.2. The summed E-state index contributed by atoms with van der Waals surface area (Å²) in [6.45, 7) is 0. The van der Waals surface area contributed by atoms with Crippen molar-refractivity contribution >= 4 is 27.7 Å². The minimum absolute atomic E-state index is 0.224. The lowest BCUT2D eigenvalue weighted by Gasteiger charge is -2.15. The van der Waals surface area contributed by atoms with Gasteiger partial charge in [-0.3, -0.25) is 9.59 Å². The van der Waals surface area contributed by atoms with Gasteiger partial charge in [-0.2, -0.15) is 0 Å². The molecule has 2 aliphatic rings. The SMILES string of the molecule is NC(=O)[C@@H](NC(=O)C=C(C1CC1)C1CC1)c1cccc(Br)c1. The maximum Gasteiger partial charge on any atom is 0.244 e. The quantitative estimate of drug-likeness (QED) is 0.763. The molecule has 3 rings (SSSR count). The van der Waals surface area contributed by atoms with Crippen LogP contribution in [0, 0.1) is 11.8 Å². The zero-order valence-corrected chi connectivity index (χ0v) is 13.8. The van der Waals surface area contributed by atoms with E-state index in [4.69, 9.17) is 5.73 Å². The molecule has 5 heteroatoms. The van der Waals surface area contributed by atoms with Crippen molar-refractivity contribution in [1.82, 2.24) is 5.32 Å². The molecule has 0 radical (unpaired) electrons. The van der Waals surface area contributed by atoms with Gasteiger partial charge in [0.1, 0.15) is 6.04 Å². The van der Waals surface area contributed by atoms with Gasteiger partial charge in [0.2, 0.25) is 11.8 Å². The molecule has 0 heterocycles. The Morgan fingerprint density at radius 3 is 2.36 bits per heavy atom. The molecule has 116 valence electrons. The second-order valence-corrected chi connectivity index (χ2v) is 7.01. The molecule has 1 aromatic carbocycles. The van der Waals surface area contributed by atoms with Gasteiger partial charge in [-0.25, -0.2) is 0 Å². The van der Waals surface area contributed by atoms with Gasteiger partial charge in [-0.05, 0) is 55.2 Å². The fourth-order valence-corrected chi connectivity index (χ4v) is 3.16. The number of hydrogen-bond acceptors (Lipinski definition) is 2. The maximum atomic E-state index is 12.3. The van der Waals surface area contributed by atoms with Gasteiger partial charge >= 0.3 is 0 Å². The molecule has 0 aromatic heterocycles. The number of allylic oxidation sites excluding steroid dienone is 1. The lowest BCUT2D eigenvalue weighted by molar-refractivity contribution is -0.125. The van der Waals surface area contributed by atoms with Crippen LogP contribution < -0.4 is 11.1 Å². The van der Waals surface area contributed by atoms with Gasteiger partial charge in [0.15, 0.2) is 0 Å². The van der Waals surface area contributed by atoms with Crippen LogP contribution in [0.4, 0.5) is 0 Å². The van der Waals surface area contributed by atoms with E-state index in [0.717, 1.165) is 4.47 Å². The molecule has 2 amide bonds. The molecule has 3 N–H and O–H groups in total. The number of carbonyl (C=O) groups excluding carboxylic acids is 2. The standard InChI is InChI=1S/C17H19BrN2O2/c18-13-3-1-2-12(8-13)16(17(19)22)20-15(21)9-14(10-4-5-10)11-6-7-11/h1-3,8-11,16H,4-7H2,(H2,19,22)(H,20,21)/t16-/m0/s1. The number of amides is 2. The topological polar surface area (TPSA) is 72.2 Å². The van der Waals surface area contributed by atoms with Gasteiger partial charge in [0.25, 0.3) is 0 Å². The molecule has 0 unspecified atom stereocenters. The van der Waals surface area contributed by atoms with E-state index in [0.29, 0.717) is 17.4 Å². The molecule has 4 nitrogen and oxygen atoms in total. The number of carbonyl (C=O) groups is 2. The van der Waals surface area contributed by atoms with E-state index in [1.54, 1.807) is 18.2 Å². The van der Waals surface area contributed by atoms with Crippen LogP contribution in [-0.2, 0) is 9.59 Å². The average Bonchev–Trinajstić information content (AvgIpc) is 3.36. The van der Waals surface area contributed by atoms with Crippen LogP contribution in [0.25, 0.3) is 0 Å². The summed E-state index contributed by atoms with van der Waals surface area (Å²) in [6, 6.07) is 6.45. The number of nitrogens with one attached hydrogen (secondary N) is 1. The predicted octanol–water partition coefficient (Wildman–Crippen LogP) is 2.84. The first-order chi connectivity index (χ1) is 10.5. The molecule has 0 spiro atoms. The Balaban J connectivity index is 1.74. The van der Waals surface area contributed by atoms with Gasteiger partial charge in [0.05, 0.1) is 0 Å². The van der Waals surface area contributed by atoms with Gasteiger partial charge in [-0.15, -0.1) is 0 Å². The fourth-order valence-electron chi connectivity index (χ4n) is 2.74. The fraction of sp³-hybridized carbons (Fsp3) is 0.412. The molecular formula is C17H19BrN2O2. The van der Waals surface area contributed by atoms with E-state index in [9.17, 15) is 9.59 Å². The van der Waals surface area contributed by atoms with Gasteiger partial charge in [-0.1, -0.05) is 33.6 Å². The van der Waals surface area contributed by atoms with E-state index in [-0.39, 0.29) is 5.91 Å². The Morgan fingerprint density at radius 1 is 1.23 bits per heavy atom. The Morgan fingerprint density at radius 2 is 1.86 bits per heavy atom. The number of primary amides is 1. The van der Waals surface area contributed by atoms with Crippen molar-refractivity contribution in [1.29, 1.82) is 0 Å². The molecule has 2 fully saturated rings. The van der Waals surface area contributed by atoms with Crippen LogP contribution in [0.3, 0.4) is 0 Å². The Labute approximate surface area is 138 Å². The first-order valence-corrected chi connectivity index (χ1v) is 8.40. The molecule has 2 aliphatic carbocycles. The third kappa shape index (κ3) is 3.77. The summed E-state index contributed by atoms with van der Waals surface area (Å²) in [5.41, 5.74) is 7.40. The molecule has 22 heavy (non-hydrogen) atoms. The van der Waals surface area contributed by atoms with Crippen molar-refractivity contribution in [2.45, 2.75) is 31.7 Å². The van der Waals surface area contributed by atoms with Crippen molar-refractivity contribution < 1.29 is 9.59 Å². The summed E-state index contributed by atoms with van der Waals surface area (Å²) in [5.74, 6) is 0.379. The molecule has 0 aliphatic heterocycles. The molecule has 1 atom stereocenters. The van der Waals surface area contributed by atoms with Gasteiger partial charge < -0.3 is 11.1 Å². The van der Waals surface area contributed by atoms with Crippen LogP contribution in [-0.4, -0.2) is 11.8 Å². The highest BCUT2D eigenvalue weighted by molar-refractivity contribution is 9.10. The molecule has 2 saturated carbocycles. The highest BCUT2D eigenvalue weighted by Gasteiger charge is 2.36. The van der Waals surface area contributed by atoms with Crippen molar-refractivity contribution in [3.8, 4) is 0 Å². The summed E-state index contributed by atoms with van der Waals surface area (Å²) in [7, 11) is 0. The summed E-state index contributed by atoms with van der Waals surface area (Å²) in [4.78, 5) is 24.0. The second kappa shape index (κ2) is 6.24. The van der Waals surface area contributed by atoms with E-state index >= 15 is 0 Å². The van der Waals surface area contributed by atoms with E-state index < -0.39 is 11.9 Å². The lowest BCUT2D eigenvalue weighted by atomic mass is 10.0. The molecule has 0 saturated heterocycles. The summed E-state index contributed by atoms with van der Waals surface area (Å²) in [6.07, 6.45) is 6.42. The Hall–Kier alpha value is -1.62. The molecular weight excluding hydrogens is 344 g/mol. The Bertz CT molecular complexity index is 619. The maximum absolute atomic E-state index is 12.3. The highest BCUT2D eigenvalue weighted by Crippen LogP contribution is 2.48. The number of benzene rings is 1. The number of rotatable bonds is 6. The predicted molar refractivity (Wildman–Crippen MR) is 87.8 cm³/mol. The minimum Gasteiger partial charge on any atom is -0.368 e. The largest absolute Gasteiger partial charge is 0.368 e. The van der Waals surface area contributed by atoms with Crippen LogP contribution >= 0.6 is 15.9 Å². The van der Waals surface area contributed by atoms with Crippen LogP contribution in [0.15, 0.2) is 40.4 Å². The second-order valence-electron chi connectivity index (χ2n) is 6.09. The lowest BCUT2D eigenvalue weighted by Crippen LogP contribution is -2.36. The third-order valence-corrected chi connectivity index (χ3v) is 4.64. The smallest absolute Gasteiger partial charge is 0.244 e.